The molecular formula is C21H23N3O3. The van der Waals surface area contributed by atoms with E-state index >= 15 is 0 Å². The first-order valence-corrected chi connectivity index (χ1v) is 9.68. The van der Waals surface area contributed by atoms with Crippen LogP contribution in [0.25, 0.3) is 0 Å². The molecule has 1 aliphatic carbocycles. The lowest BCUT2D eigenvalue weighted by molar-refractivity contribution is 0.0815. The predicted octanol–water partition coefficient (Wildman–Crippen LogP) is 3.85. The van der Waals surface area contributed by atoms with Crippen LogP contribution in [0.3, 0.4) is 0 Å². The summed E-state index contributed by atoms with van der Waals surface area (Å²) in [5.41, 5.74) is 3.40. The number of nitrogens with one attached hydrogen (secondary N) is 1. The summed E-state index contributed by atoms with van der Waals surface area (Å²) in [5, 5.41) is 0. The largest absolute Gasteiger partial charge is 0.469 e. The van der Waals surface area contributed by atoms with Crippen LogP contribution in [-0.2, 0) is 6.54 Å². The summed E-state index contributed by atoms with van der Waals surface area (Å²) in [6.45, 7) is 1.03. The monoisotopic (exact) mass is 365 g/mol. The predicted molar refractivity (Wildman–Crippen MR) is 102 cm³/mol. The van der Waals surface area contributed by atoms with Crippen LogP contribution >= 0.6 is 0 Å². The van der Waals surface area contributed by atoms with Gasteiger partial charge in [0.1, 0.15) is 0 Å². The highest BCUT2D eigenvalue weighted by atomic mass is 16.5. The Morgan fingerprint density at radius 1 is 1.19 bits per heavy atom. The number of hydrogen-bond donors (Lipinski definition) is 1. The highest BCUT2D eigenvalue weighted by molar-refractivity contribution is 5.99. The molecule has 2 aromatic rings. The van der Waals surface area contributed by atoms with Crippen molar-refractivity contribution in [2.24, 2.45) is 5.92 Å². The van der Waals surface area contributed by atoms with E-state index in [1.807, 2.05) is 36.2 Å². The number of Topliss-reactive ketones (excluding diaryl/α,β-unsaturated/α-hetero) is 1. The topological polar surface area (TPSA) is 65.6 Å². The van der Waals surface area contributed by atoms with Crippen molar-refractivity contribution in [1.29, 1.82) is 0 Å². The molecule has 0 atom stereocenters. The Morgan fingerprint density at radius 2 is 2.00 bits per heavy atom. The SMILES string of the molecule is CN1Cc2cc(N3COc4cc(C(=O)C5CCCCC5)[nH]c43)ccc2C1=O. The van der Waals surface area contributed by atoms with Gasteiger partial charge in [0.05, 0.1) is 5.69 Å². The van der Waals surface area contributed by atoms with Gasteiger partial charge in [-0.15, -0.1) is 0 Å². The molecule has 0 spiro atoms. The van der Waals surface area contributed by atoms with Gasteiger partial charge in [-0.25, -0.2) is 0 Å². The maximum Gasteiger partial charge on any atom is 0.254 e. The second-order valence-electron chi connectivity index (χ2n) is 7.80. The van der Waals surface area contributed by atoms with Crippen LogP contribution in [0.1, 0.15) is 58.5 Å². The first kappa shape index (κ1) is 16.4. The second-order valence-corrected chi connectivity index (χ2v) is 7.80. The summed E-state index contributed by atoms with van der Waals surface area (Å²) >= 11 is 0. The van der Waals surface area contributed by atoms with E-state index in [2.05, 4.69) is 4.98 Å². The van der Waals surface area contributed by atoms with Gasteiger partial charge in [0.25, 0.3) is 5.91 Å². The van der Waals surface area contributed by atoms with Gasteiger partial charge in [0, 0.05) is 36.8 Å². The number of anilines is 2. The van der Waals surface area contributed by atoms with E-state index in [1.165, 1.54) is 6.42 Å². The van der Waals surface area contributed by atoms with Crippen LogP contribution in [0, 0.1) is 5.92 Å². The minimum Gasteiger partial charge on any atom is -0.469 e. The third-order valence-electron chi connectivity index (χ3n) is 6.01. The third-order valence-corrected chi connectivity index (χ3v) is 6.01. The van der Waals surface area contributed by atoms with Crippen molar-refractivity contribution in [2.75, 3.05) is 18.7 Å². The van der Waals surface area contributed by atoms with Crippen LogP contribution in [0.2, 0.25) is 0 Å². The average molecular weight is 365 g/mol. The zero-order valence-corrected chi connectivity index (χ0v) is 15.5. The number of ether oxygens (including phenoxy) is 1. The molecule has 3 heterocycles. The number of carbonyl (C=O) groups is 2. The molecule has 1 N–H and O–H groups in total. The average Bonchev–Trinajstić information content (AvgIpc) is 3.35. The van der Waals surface area contributed by atoms with Crippen molar-refractivity contribution in [1.82, 2.24) is 9.88 Å². The first-order valence-electron chi connectivity index (χ1n) is 9.68. The quantitative estimate of drug-likeness (QED) is 0.839. The molecule has 1 fully saturated rings. The Hall–Kier alpha value is -2.76. The minimum atomic E-state index is 0.0650. The number of amides is 1. The normalized spacial score (nSPS) is 19.2. The molecule has 6 nitrogen and oxygen atoms in total. The van der Waals surface area contributed by atoms with Crippen LogP contribution < -0.4 is 9.64 Å². The van der Waals surface area contributed by atoms with Gasteiger partial charge in [-0.1, -0.05) is 19.3 Å². The van der Waals surface area contributed by atoms with Crippen molar-refractivity contribution < 1.29 is 14.3 Å². The number of nitrogens with zero attached hydrogens (tertiary/aromatic N) is 2. The number of H-pyrrole nitrogens is 1. The molecule has 0 saturated heterocycles. The van der Waals surface area contributed by atoms with Gasteiger partial charge in [-0.05, 0) is 36.6 Å². The molecule has 1 saturated carbocycles. The number of hydrogen-bond acceptors (Lipinski definition) is 4. The van der Waals surface area contributed by atoms with E-state index in [-0.39, 0.29) is 17.6 Å². The summed E-state index contributed by atoms with van der Waals surface area (Å²) < 4.78 is 5.81. The molecule has 0 bridgehead atoms. The van der Waals surface area contributed by atoms with E-state index in [1.54, 1.807) is 4.90 Å². The van der Waals surface area contributed by atoms with Crippen molar-refractivity contribution in [3.8, 4) is 5.75 Å². The number of aromatic amines is 1. The van der Waals surface area contributed by atoms with Gasteiger partial charge in [0.2, 0.25) is 0 Å². The maximum absolute atomic E-state index is 12.8. The van der Waals surface area contributed by atoms with Gasteiger partial charge < -0.3 is 14.6 Å². The van der Waals surface area contributed by atoms with E-state index < -0.39 is 0 Å². The molecule has 140 valence electrons. The smallest absolute Gasteiger partial charge is 0.254 e. The van der Waals surface area contributed by atoms with Gasteiger partial charge >= 0.3 is 0 Å². The van der Waals surface area contributed by atoms with E-state index in [0.717, 1.165) is 54.1 Å². The molecule has 5 rings (SSSR count). The molecule has 2 aliphatic heterocycles. The van der Waals surface area contributed by atoms with Crippen LogP contribution in [-0.4, -0.2) is 35.4 Å². The number of benzene rings is 1. The summed E-state index contributed by atoms with van der Waals surface area (Å²) in [6.07, 6.45) is 5.49. The number of carbonyl (C=O) groups excluding carboxylic acids is 2. The lowest BCUT2D eigenvalue weighted by atomic mass is 9.85. The van der Waals surface area contributed by atoms with Crippen LogP contribution in [0.5, 0.6) is 5.75 Å². The molecule has 1 aromatic carbocycles. The second kappa shape index (κ2) is 6.15. The Morgan fingerprint density at radius 3 is 2.81 bits per heavy atom. The summed E-state index contributed by atoms with van der Waals surface area (Å²) in [7, 11) is 1.81. The third kappa shape index (κ3) is 2.62. The maximum atomic E-state index is 12.8. The van der Waals surface area contributed by atoms with Gasteiger partial charge in [-0.3, -0.25) is 14.5 Å². The highest BCUT2D eigenvalue weighted by Crippen LogP contribution is 2.41. The van der Waals surface area contributed by atoms with Crippen LogP contribution in [0.15, 0.2) is 24.3 Å². The molecular weight excluding hydrogens is 342 g/mol. The standard InChI is InChI=1S/C21H23N3O3/c1-23-11-14-9-15(7-8-16(14)21(23)26)24-12-27-18-10-17(22-20(18)24)19(25)13-5-3-2-4-6-13/h7-10,13,22H,2-6,11-12H2,1H3. The molecule has 0 radical (unpaired) electrons. The molecule has 3 aliphatic rings. The van der Waals surface area contributed by atoms with E-state index in [4.69, 9.17) is 4.74 Å². The summed E-state index contributed by atoms with van der Waals surface area (Å²) in [5.74, 6) is 1.95. The van der Waals surface area contributed by atoms with Crippen molar-refractivity contribution in [3.05, 3.63) is 41.1 Å². The van der Waals surface area contributed by atoms with Crippen molar-refractivity contribution >= 4 is 23.2 Å². The van der Waals surface area contributed by atoms with Gasteiger partial charge in [0.15, 0.2) is 24.1 Å². The van der Waals surface area contributed by atoms with Crippen molar-refractivity contribution in [2.45, 2.75) is 38.6 Å². The fraction of sp³-hybridized carbons (Fsp3) is 0.429. The Bertz CT molecular complexity index is 927. The fourth-order valence-electron chi connectivity index (χ4n) is 4.48. The Balaban J connectivity index is 1.42. The zero-order chi connectivity index (χ0) is 18.5. The van der Waals surface area contributed by atoms with E-state index in [0.29, 0.717) is 19.0 Å². The van der Waals surface area contributed by atoms with Crippen LogP contribution in [0.4, 0.5) is 11.5 Å². The lowest BCUT2D eigenvalue weighted by Crippen LogP contribution is -2.20. The molecule has 6 heteroatoms. The lowest BCUT2D eigenvalue weighted by Gasteiger charge is -2.20. The fourth-order valence-corrected chi connectivity index (χ4v) is 4.48. The summed E-state index contributed by atoms with van der Waals surface area (Å²) in [4.78, 5) is 32.0. The number of aromatic nitrogens is 1. The first-order chi connectivity index (χ1) is 13.1. The molecule has 27 heavy (non-hydrogen) atoms. The van der Waals surface area contributed by atoms with Crippen molar-refractivity contribution in [3.63, 3.8) is 0 Å². The number of fused-ring (bicyclic) bond motifs is 2. The minimum absolute atomic E-state index is 0.0650. The summed E-state index contributed by atoms with van der Waals surface area (Å²) in [6, 6.07) is 7.71. The highest BCUT2D eigenvalue weighted by Gasteiger charge is 2.31. The number of ketones is 1. The number of rotatable bonds is 3. The van der Waals surface area contributed by atoms with Gasteiger partial charge in [-0.2, -0.15) is 0 Å². The van der Waals surface area contributed by atoms with E-state index in [9.17, 15) is 9.59 Å². The molecule has 1 aromatic heterocycles. The zero-order valence-electron chi connectivity index (χ0n) is 15.5. The Kier molecular flexibility index (Phi) is 3.74. The Labute approximate surface area is 158 Å². The molecule has 0 unspecified atom stereocenters. The molecule has 1 amide bonds.